The second-order valence-corrected chi connectivity index (χ2v) is 6.37. The molecule has 0 bridgehead atoms. The van der Waals surface area contributed by atoms with Crippen LogP contribution in [0.1, 0.15) is 54.9 Å². The van der Waals surface area contributed by atoms with Gasteiger partial charge in [0, 0.05) is 13.1 Å². The highest BCUT2D eigenvalue weighted by molar-refractivity contribution is 7.08. The minimum atomic E-state index is -0.795. The molecule has 21 heavy (non-hydrogen) atoms. The number of carboxylic acids is 1. The molecule has 2 heterocycles. The van der Waals surface area contributed by atoms with Crippen LogP contribution in [0.3, 0.4) is 0 Å². The summed E-state index contributed by atoms with van der Waals surface area (Å²) in [5.74, 6) is -0.913. The molecule has 1 fully saturated rings. The SMILES string of the molecule is CCCc1nnsc1C(=O)N1CCC(CCC)(C(=O)O)C1. The van der Waals surface area contributed by atoms with Gasteiger partial charge in [-0.1, -0.05) is 31.2 Å². The van der Waals surface area contributed by atoms with Crippen molar-refractivity contribution in [3.05, 3.63) is 10.6 Å². The second-order valence-electron chi connectivity index (χ2n) is 5.61. The van der Waals surface area contributed by atoms with Crippen molar-refractivity contribution in [3.8, 4) is 0 Å². The number of carbonyl (C=O) groups is 2. The number of hydrogen-bond acceptors (Lipinski definition) is 5. The van der Waals surface area contributed by atoms with Gasteiger partial charge in [0.2, 0.25) is 0 Å². The number of likely N-dealkylation sites (tertiary alicyclic amines) is 1. The molecule has 0 saturated carbocycles. The third kappa shape index (κ3) is 3.07. The van der Waals surface area contributed by atoms with Crippen molar-refractivity contribution in [2.45, 2.75) is 46.0 Å². The fourth-order valence-corrected chi connectivity index (χ4v) is 3.60. The lowest BCUT2D eigenvalue weighted by Gasteiger charge is -2.24. The summed E-state index contributed by atoms with van der Waals surface area (Å²) in [6, 6.07) is 0. The topological polar surface area (TPSA) is 83.4 Å². The molecule has 1 atom stereocenters. The maximum absolute atomic E-state index is 12.6. The van der Waals surface area contributed by atoms with Crippen molar-refractivity contribution in [2.75, 3.05) is 13.1 Å². The van der Waals surface area contributed by atoms with Gasteiger partial charge in [-0.25, -0.2) is 0 Å². The van der Waals surface area contributed by atoms with E-state index >= 15 is 0 Å². The van der Waals surface area contributed by atoms with Gasteiger partial charge in [-0.05, 0) is 30.8 Å². The number of aliphatic carboxylic acids is 1. The minimum Gasteiger partial charge on any atom is -0.481 e. The second kappa shape index (κ2) is 6.51. The van der Waals surface area contributed by atoms with Gasteiger partial charge < -0.3 is 10.0 Å². The molecule has 0 radical (unpaired) electrons. The molecule has 6 nitrogen and oxygen atoms in total. The third-order valence-electron chi connectivity index (χ3n) is 4.06. The number of aryl methyl sites for hydroxylation is 1. The molecule has 1 N–H and O–H groups in total. The first-order valence-electron chi connectivity index (χ1n) is 7.38. The monoisotopic (exact) mass is 311 g/mol. The van der Waals surface area contributed by atoms with Crippen LogP contribution < -0.4 is 0 Å². The summed E-state index contributed by atoms with van der Waals surface area (Å²) in [4.78, 5) is 26.4. The van der Waals surface area contributed by atoms with Crippen LogP contribution in [0.5, 0.6) is 0 Å². The lowest BCUT2D eigenvalue weighted by atomic mass is 9.83. The number of rotatable bonds is 6. The highest BCUT2D eigenvalue weighted by Gasteiger charge is 2.46. The third-order valence-corrected chi connectivity index (χ3v) is 4.82. The average Bonchev–Trinajstić information content (AvgIpc) is 3.07. The standard InChI is InChI=1S/C14H21N3O3S/c1-3-5-10-11(21-16-15-10)12(18)17-8-7-14(9-17,6-4-2)13(19)20/h3-9H2,1-2H3,(H,19,20). The van der Waals surface area contributed by atoms with Gasteiger partial charge in [-0.2, -0.15) is 0 Å². The number of aromatic nitrogens is 2. The summed E-state index contributed by atoms with van der Waals surface area (Å²) in [5.41, 5.74) is -0.0520. The summed E-state index contributed by atoms with van der Waals surface area (Å²) in [7, 11) is 0. The van der Waals surface area contributed by atoms with E-state index in [-0.39, 0.29) is 5.91 Å². The Bertz CT molecular complexity index is 531. The highest BCUT2D eigenvalue weighted by Crippen LogP contribution is 2.36. The van der Waals surface area contributed by atoms with Crippen molar-refractivity contribution < 1.29 is 14.7 Å². The van der Waals surface area contributed by atoms with Crippen LogP contribution in [0.25, 0.3) is 0 Å². The first kappa shape index (κ1) is 15.9. The quantitative estimate of drug-likeness (QED) is 0.871. The zero-order valence-electron chi connectivity index (χ0n) is 12.5. The van der Waals surface area contributed by atoms with Crippen LogP contribution in [0, 0.1) is 5.41 Å². The van der Waals surface area contributed by atoms with Gasteiger partial charge in [-0.15, -0.1) is 5.10 Å². The van der Waals surface area contributed by atoms with Crippen LogP contribution in [0.2, 0.25) is 0 Å². The number of carboxylic acid groups (broad SMARTS) is 1. The largest absolute Gasteiger partial charge is 0.481 e. The van der Waals surface area contributed by atoms with Crippen molar-refractivity contribution in [2.24, 2.45) is 5.41 Å². The summed E-state index contributed by atoms with van der Waals surface area (Å²) in [6.07, 6.45) is 3.56. The molecule has 1 unspecified atom stereocenters. The first-order valence-corrected chi connectivity index (χ1v) is 8.15. The highest BCUT2D eigenvalue weighted by atomic mass is 32.1. The number of hydrogen-bond donors (Lipinski definition) is 1. The van der Waals surface area contributed by atoms with E-state index in [0.717, 1.165) is 36.5 Å². The van der Waals surface area contributed by atoms with E-state index in [4.69, 9.17) is 0 Å². The first-order chi connectivity index (χ1) is 10.0. The Morgan fingerprint density at radius 3 is 2.76 bits per heavy atom. The molecule has 0 aromatic carbocycles. The zero-order chi connectivity index (χ0) is 15.5. The van der Waals surface area contributed by atoms with Gasteiger partial charge in [-0.3, -0.25) is 9.59 Å². The van der Waals surface area contributed by atoms with Gasteiger partial charge in [0.05, 0.1) is 11.1 Å². The van der Waals surface area contributed by atoms with E-state index in [1.165, 1.54) is 0 Å². The molecule has 1 saturated heterocycles. The Hall–Kier alpha value is -1.50. The minimum absolute atomic E-state index is 0.118. The normalized spacial score (nSPS) is 21.7. The van der Waals surface area contributed by atoms with E-state index in [1.807, 2.05) is 13.8 Å². The van der Waals surface area contributed by atoms with Gasteiger partial charge in [0.25, 0.3) is 5.91 Å². The molecule has 0 spiro atoms. The Kier molecular flexibility index (Phi) is 4.92. The van der Waals surface area contributed by atoms with Crippen molar-refractivity contribution >= 4 is 23.4 Å². The molecular formula is C14H21N3O3S. The van der Waals surface area contributed by atoms with Crippen LogP contribution in [-0.4, -0.2) is 44.6 Å². The molecule has 1 aliphatic heterocycles. The molecule has 7 heteroatoms. The Balaban J connectivity index is 2.15. The summed E-state index contributed by atoms with van der Waals surface area (Å²) in [6.45, 7) is 4.79. The summed E-state index contributed by atoms with van der Waals surface area (Å²) in [5, 5.41) is 13.5. The number of nitrogens with zero attached hydrogens (tertiary/aromatic N) is 3. The summed E-state index contributed by atoms with van der Waals surface area (Å²) < 4.78 is 3.87. The molecule has 1 amide bonds. The fraction of sp³-hybridized carbons (Fsp3) is 0.714. The molecule has 116 valence electrons. The molecule has 2 rings (SSSR count). The van der Waals surface area contributed by atoms with Gasteiger partial charge in [0.15, 0.2) is 0 Å². The van der Waals surface area contributed by atoms with E-state index in [2.05, 4.69) is 9.59 Å². The smallest absolute Gasteiger partial charge is 0.311 e. The predicted octanol–water partition coefficient (Wildman–Crippen LogP) is 2.21. The fourth-order valence-electron chi connectivity index (χ4n) is 2.92. The van der Waals surface area contributed by atoms with Crippen molar-refractivity contribution in [1.82, 2.24) is 14.5 Å². The van der Waals surface area contributed by atoms with E-state index in [1.54, 1.807) is 4.90 Å². The van der Waals surface area contributed by atoms with Crippen LogP contribution in [0.15, 0.2) is 0 Å². The van der Waals surface area contributed by atoms with Crippen molar-refractivity contribution in [1.29, 1.82) is 0 Å². The van der Waals surface area contributed by atoms with Crippen molar-refractivity contribution in [3.63, 3.8) is 0 Å². The van der Waals surface area contributed by atoms with Crippen LogP contribution in [-0.2, 0) is 11.2 Å². The van der Waals surface area contributed by atoms with Gasteiger partial charge in [0.1, 0.15) is 4.88 Å². The maximum atomic E-state index is 12.6. The van der Waals surface area contributed by atoms with E-state index < -0.39 is 11.4 Å². The number of carbonyl (C=O) groups excluding carboxylic acids is 1. The molecule has 1 aromatic heterocycles. The average molecular weight is 311 g/mol. The van der Waals surface area contributed by atoms with Crippen LogP contribution >= 0.6 is 11.5 Å². The van der Waals surface area contributed by atoms with E-state index in [9.17, 15) is 14.7 Å². The van der Waals surface area contributed by atoms with Gasteiger partial charge >= 0.3 is 5.97 Å². The Morgan fingerprint density at radius 2 is 2.14 bits per heavy atom. The Labute approximate surface area is 128 Å². The molecule has 1 aliphatic rings. The summed E-state index contributed by atoms with van der Waals surface area (Å²) >= 11 is 1.11. The molecular weight excluding hydrogens is 290 g/mol. The molecule has 0 aliphatic carbocycles. The maximum Gasteiger partial charge on any atom is 0.311 e. The zero-order valence-corrected chi connectivity index (χ0v) is 13.3. The lowest BCUT2D eigenvalue weighted by Crippen LogP contribution is -2.37. The molecule has 1 aromatic rings. The lowest BCUT2D eigenvalue weighted by molar-refractivity contribution is -0.148. The van der Waals surface area contributed by atoms with E-state index in [0.29, 0.717) is 30.8 Å². The number of amides is 1. The predicted molar refractivity (Wildman–Crippen MR) is 79.4 cm³/mol. The Morgan fingerprint density at radius 1 is 1.38 bits per heavy atom. The van der Waals surface area contributed by atoms with Crippen LogP contribution in [0.4, 0.5) is 0 Å².